The first kappa shape index (κ1) is 11.5. The zero-order chi connectivity index (χ0) is 12.1. The topological polar surface area (TPSA) is 35.5 Å². The van der Waals surface area contributed by atoms with E-state index in [2.05, 4.69) is 11.8 Å². The summed E-state index contributed by atoms with van der Waals surface area (Å²) >= 11 is 0. The molecular weight excluding hydrogens is 216 g/mol. The summed E-state index contributed by atoms with van der Waals surface area (Å²) in [7, 11) is 0. The molecule has 0 radical (unpaired) electrons. The van der Waals surface area contributed by atoms with Gasteiger partial charge in [0.15, 0.2) is 6.10 Å². The lowest BCUT2D eigenvalue weighted by atomic mass is 10.1. The van der Waals surface area contributed by atoms with Crippen molar-refractivity contribution in [2.24, 2.45) is 0 Å². The summed E-state index contributed by atoms with van der Waals surface area (Å²) in [6.45, 7) is 1.86. The number of ether oxygens (including phenoxy) is 2. The summed E-state index contributed by atoms with van der Waals surface area (Å²) in [5.41, 5.74) is 0.918. The van der Waals surface area contributed by atoms with Gasteiger partial charge in [-0.1, -0.05) is 30.0 Å². The molecule has 1 saturated heterocycles. The van der Waals surface area contributed by atoms with Crippen molar-refractivity contribution in [3.05, 3.63) is 35.9 Å². The molecule has 3 heteroatoms. The standard InChI is InChI=1S/C14H14O3/c1-11-7-9-13(17-14(15)16-11)10-8-12-5-3-2-4-6-12/h2-6,11,13H,7,9H2,1H3/t11-,13+/m1/s1. The van der Waals surface area contributed by atoms with Gasteiger partial charge in [-0.2, -0.15) is 0 Å². The van der Waals surface area contributed by atoms with Crippen LogP contribution in [0.25, 0.3) is 0 Å². The summed E-state index contributed by atoms with van der Waals surface area (Å²) in [5.74, 6) is 5.95. The van der Waals surface area contributed by atoms with Crippen molar-refractivity contribution in [2.75, 3.05) is 0 Å². The molecule has 1 aromatic carbocycles. The molecule has 0 spiro atoms. The molecule has 3 nitrogen and oxygen atoms in total. The van der Waals surface area contributed by atoms with Crippen molar-refractivity contribution in [2.45, 2.75) is 32.0 Å². The second kappa shape index (κ2) is 5.40. The Bertz CT molecular complexity index is 442. The molecule has 1 fully saturated rings. The van der Waals surface area contributed by atoms with Crippen LogP contribution < -0.4 is 0 Å². The van der Waals surface area contributed by atoms with Gasteiger partial charge in [-0.3, -0.25) is 0 Å². The van der Waals surface area contributed by atoms with E-state index >= 15 is 0 Å². The van der Waals surface area contributed by atoms with Crippen LogP contribution in [0.3, 0.4) is 0 Å². The Morgan fingerprint density at radius 3 is 2.71 bits per heavy atom. The molecule has 88 valence electrons. The van der Waals surface area contributed by atoms with Crippen LogP contribution in [0.15, 0.2) is 30.3 Å². The molecule has 0 unspecified atom stereocenters. The summed E-state index contributed by atoms with van der Waals surface area (Å²) in [5, 5.41) is 0. The summed E-state index contributed by atoms with van der Waals surface area (Å²) in [4.78, 5) is 11.2. The maximum absolute atomic E-state index is 11.2. The van der Waals surface area contributed by atoms with E-state index in [0.717, 1.165) is 12.0 Å². The predicted octanol–water partition coefficient (Wildman–Crippen LogP) is 2.74. The molecule has 0 amide bonds. The van der Waals surface area contributed by atoms with E-state index in [-0.39, 0.29) is 12.2 Å². The van der Waals surface area contributed by atoms with Gasteiger partial charge in [0.2, 0.25) is 0 Å². The van der Waals surface area contributed by atoms with E-state index in [4.69, 9.17) is 9.47 Å². The van der Waals surface area contributed by atoms with Gasteiger partial charge in [0.25, 0.3) is 0 Å². The van der Waals surface area contributed by atoms with Crippen LogP contribution in [0.4, 0.5) is 4.79 Å². The summed E-state index contributed by atoms with van der Waals surface area (Å²) in [6.07, 6.45) is 0.410. The molecule has 0 bridgehead atoms. The molecule has 1 aliphatic rings. The maximum atomic E-state index is 11.2. The van der Waals surface area contributed by atoms with Gasteiger partial charge in [-0.25, -0.2) is 4.79 Å². The second-order valence-corrected chi connectivity index (χ2v) is 4.00. The highest BCUT2D eigenvalue weighted by molar-refractivity contribution is 5.61. The van der Waals surface area contributed by atoms with Crippen molar-refractivity contribution < 1.29 is 14.3 Å². The third-order valence-corrected chi connectivity index (χ3v) is 2.52. The lowest BCUT2D eigenvalue weighted by Gasteiger charge is -2.05. The van der Waals surface area contributed by atoms with Gasteiger partial charge in [-0.05, 0) is 31.9 Å². The molecule has 1 aliphatic heterocycles. The highest BCUT2D eigenvalue weighted by Crippen LogP contribution is 2.14. The number of benzene rings is 1. The Morgan fingerprint density at radius 2 is 1.94 bits per heavy atom. The fraction of sp³-hybridized carbons (Fsp3) is 0.357. The normalized spacial score (nSPS) is 23.7. The third kappa shape index (κ3) is 3.53. The number of carbonyl (C=O) groups excluding carboxylic acids is 1. The Balaban J connectivity index is 2.04. The fourth-order valence-corrected chi connectivity index (χ4v) is 1.60. The largest absolute Gasteiger partial charge is 0.509 e. The average molecular weight is 230 g/mol. The lowest BCUT2D eigenvalue weighted by molar-refractivity contribution is 0.0385. The van der Waals surface area contributed by atoms with Crippen molar-refractivity contribution >= 4 is 6.16 Å². The molecule has 0 aromatic heterocycles. The third-order valence-electron chi connectivity index (χ3n) is 2.52. The van der Waals surface area contributed by atoms with Crippen LogP contribution in [0.1, 0.15) is 25.3 Å². The quantitative estimate of drug-likeness (QED) is 0.508. The first-order valence-electron chi connectivity index (χ1n) is 5.68. The molecule has 17 heavy (non-hydrogen) atoms. The summed E-state index contributed by atoms with van der Waals surface area (Å²) < 4.78 is 10.0. The molecular formula is C14H14O3. The van der Waals surface area contributed by atoms with Gasteiger partial charge in [0, 0.05) is 5.56 Å². The van der Waals surface area contributed by atoms with E-state index in [1.54, 1.807) is 0 Å². The maximum Gasteiger partial charge on any atom is 0.509 e. The average Bonchev–Trinajstić information content (AvgIpc) is 2.49. The van der Waals surface area contributed by atoms with Crippen LogP contribution in [-0.2, 0) is 9.47 Å². The monoisotopic (exact) mass is 230 g/mol. The zero-order valence-electron chi connectivity index (χ0n) is 9.68. The van der Waals surface area contributed by atoms with Gasteiger partial charge >= 0.3 is 6.16 Å². The minimum absolute atomic E-state index is 0.0916. The summed E-state index contributed by atoms with van der Waals surface area (Å²) in [6, 6.07) is 9.63. The number of cyclic esters (lactones) is 2. The molecule has 2 atom stereocenters. The molecule has 0 saturated carbocycles. The van der Waals surface area contributed by atoms with Gasteiger partial charge in [-0.15, -0.1) is 0 Å². The van der Waals surface area contributed by atoms with Crippen molar-refractivity contribution in [3.8, 4) is 11.8 Å². The van der Waals surface area contributed by atoms with Crippen LogP contribution >= 0.6 is 0 Å². The highest BCUT2D eigenvalue weighted by Gasteiger charge is 2.21. The predicted molar refractivity (Wildman–Crippen MR) is 63.4 cm³/mol. The number of hydrogen-bond donors (Lipinski definition) is 0. The van der Waals surface area contributed by atoms with E-state index in [0.29, 0.717) is 6.42 Å². The Hall–Kier alpha value is -1.95. The van der Waals surface area contributed by atoms with E-state index in [9.17, 15) is 4.79 Å². The van der Waals surface area contributed by atoms with E-state index in [1.165, 1.54) is 0 Å². The number of rotatable bonds is 0. The molecule has 2 rings (SSSR count). The zero-order valence-corrected chi connectivity index (χ0v) is 9.68. The first-order chi connectivity index (χ1) is 8.24. The molecule has 1 heterocycles. The number of carbonyl (C=O) groups is 1. The Kier molecular flexibility index (Phi) is 3.66. The van der Waals surface area contributed by atoms with Crippen molar-refractivity contribution in [3.63, 3.8) is 0 Å². The van der Waals surface area contributed by atoms with Gasteiger partial charge in [0.05, 0.1) is 0 Å². The Labute approximate surface area is 101 Å². The minimum Gasteiger partial charge on any atom is -0.431 e. The molecule has 0 N–H and O–H groups in total. The lowest BCUT2D eigenvalue weighted by Crippen LogP contribution is -2.14. The van der Waals surface area contributed by atoms with E-state index < -0.39 is 6.16 Å². The minimum atomic E-state index is -0.623. The van der Waals surface area contributed by atoms with Crippen LogP contribution in [-0.4, -0.2) is 18.4 Å². The van der Waals surface area contributed by atoms with Crippen LogP contribution in [0, 0.1) is 11.8 Å². The van der Waals surface area contributed by atoms with Crippen molar-refractivity contribution in [1.82, 2.24) is 0 Å². The van der Waals surface area contributed by atoms with Crippen molar-refractivity contribution in [1.29, 1.82) is 0 Å². The van der Waals surface area contributed by atoms with Crippen LogP contribution in [0.5, 0.6) is 0 Å². The van der Waals surface area contributed by atoms with Gasteiger partial charge < -0.3 is 9.47 Å². The molecule has 0 aliphatic carbocycles. The van der Waals surface area contributed by atoms with Crippen LogP contribution in [0.2, 0.25) is 0 Å². The smallest absolute Gasteiger partial charge is 0.431 e. The fourth-order valence-electron chi connectivity index (χ4n) is 1.60. The SMILES string of the molecule is C[C@@H]1CC[C@@H](C#Cc2ccccc2)OC(=O)O1. The number of hydrogen-bond acceptors (Lipinski definition) is 3. The first-order valence-corrected chi connectivity index (χ1v) is 5.68. The molecule has 1 aromatic rings. The van der Waals surface area contributed by atoms with E-state index in [1.807, 2.05) is 37.3 Å². The highest BCUT2D eigenvalue weighted by atomic mass is 16.7. The Morgan fingerprint density at radius 1 is 1.18 bits per heavy atom. The second-order valence-electron chi connectivity index (χ2n) is 4.00. The van der Waals surface area contributed by atoms with Gasteiger partial charge in [0.1, 0.15) is 6.10 Å².